The highest BCUT2D eigenvalue weighted by Gasteiger charge is 2.22. The molecule has 94 valence electrons. The van der Waals surface area contributed by atoms with E-state index in [2.05, 4.69) is 26.6 Å². The van der Waals surface area contributed by atoms with E-state index in [1.54, 1.807) is 0 Å². The molecule has 2 aliphatic rings. The Morgan fingerprint density at radius 2 is 1.94 bits per heavy atom. The van der Waals surface area contributed by atoms with E-state index >= 15 is 0 Å². The minimum Gasteiger partial charge on any atom is -0.315 e. The van der Waals surface area contributed by atoms with Gasteiger partial charge in [0.1, 0.15) is 11.6 Å². The van der Waals surface area contributed by atoms with Crippen molar-refractivity contribution in [2.75, 3.05) is 19.6 Å². The second kappa shape index (κ2) is 4.77. The average molecular weight is 234 g/mol. The quantitative estimate of drug-likeness (QED) is 0.800. The molecule has 3 rings (SSSR count). The molecule has 4 nitrogen and oxygen atoms in total. The van der Waals surface area contributed by atoms with Gasteiger partial charge in [-0.2, -0.15) is 0 Å². The maximum absolute atomic E-state index is 4.40. The first-order chi connectivity index (χ1) is 8.34. The lowest BCUT2D eigenvalue weighted by Crippen LogP contribution is -2.24. The summed E-state index contributed by atoms with van der Waals surface area (Å²) < 4.78 is 2.37. The molecule has 1 aromatic rings. The monoisotopic (exact) mass is 234 g/mol. The van der Waals surface area contributed by atoms with Crippen LogP contribution in [-0.4, -0.2) is 39.3 Å². The van der Waals surface area contributed by atoms with Crippen molar-refractivity contribution in [3.63, 3.8) is 0 Å². The smallest absolute Gasteiger partial charge is 0.135 e. The fourth-order valence-electron chi connectivity index (χ4n) is 3.09. The molecule has 4 heteroatoms. The van der Waals surface area contributed by atoms with Crippen molar-refractivity contribution in [3.05, 3.63) is 11.6 Å². The third-order valence-corrected chi connectivity index (χ3v) is 4.17. The highest BCUT2D eigenvalue weighted by atomic mass is 15.3. The third kappa shape index (κ3) is 2.23. The molecule has 2 aliphatic heterocycles. The Bertz CT molecular complexity index is 379. The van der Waals surface area contributed by atoms with Crippen molar-refractivity contribution in [1.82, 2.24) is 19.7 Å². The molecule has 0 radical (unpaired) electrons. The molecule has 0 N–H and O–H groups in total. The number of aromatic nitrogens is 3. The van der Waals surface area contributed by atoms with Gasteiger partial charge in [-0.05, 0) is 38.8 Å². The number of fused-ring (bicyclic) bond motifs is 1. The Morgan fingerprint density at radius 1 is 1.12 bits per heavy atom. The molecule has 1 fully saturated rings. The number of hydrogen-bond donors (Lipinski definition) is 0. The molecule has 1 unspecified atom stereocenters. The summed E-state index contributed by atoms with van der Waals surface area (Å²) in [7, 11) is 0. The van der Waals surface area contributed by atoms with Crippen LogP contribution in [0.3, 0.4) is 0 Å². The van der Waals surface area contributed by atoms with Crippen molar-refractivity contribution >= 4 is 0 Å². The Labute approximate surface area is 103 Å². The van der Waals surface area contributed by atoms with Gasteiger partial charge in [0.25, 0.3) is 0 Å². The summed E-state index contributed by atoms with van der Waals surface area (Å²) in [6.07, 6.45) is 6.36. The number of nitrogens with zero attached hydrogens (tertiary/aromatic N) is 4. The van der Waals surface area contributed by atoms with Gasteiger partial charge < -0.3 is 9.47 Å². The van der Waals surface area contributed by atoms with Gasteiger partial charge >= 0.3 is 0 Å². The molecule has 0 saturated carbocycles. The molecule has 1 atom stereocenters. The molecule has 1 saturated heterocycles. The van der Waals surface area contributed by atoms with Crippen molar-refractivity contribution in [2.24, 2.45) is 0 Å². The van der Waals surface area contributed by atoms with E-state index in [0.717, 1.165) is 19.5 Å². The summed E-state index contributed by atoms with van der Waals surface area (Å²) in [6, 6.07) is 0. The van der Waals surface area contributed by atoms with Gasteiger partial charge in [0.05, 0.1) is 0 Å². The second-order valence-corrected chi connectivity index (χ2v) is 5.47. The first-order valence-corrected chi connectivity index (χ1v) is 6.99. The predicted molar refractivity (Wildman–Crippen MR) is 67.0 cm³/mol. The van der Waals surface area contributed by atoms with Crippen LogP contribution < -0.4 is 0 Å². The van der Waals surface area contributed by atoms with Gasteiger partial charge in [-0.1, -0.05) is 6.92 Å². The van der Waals surface area contributed by atoms with Crippen LogP contribution in [0.2, 0.25) is 0 Å². The minimum atomic E-state index is 0.594. The summed E-state index contributed by atoms with van der Waals surface area (Å²) in [4.78, 5) is 2.55. The number of likely N-dealkylation sites (tertiary alicyclic amines) is 1. The number of rotatable bonds is 3. The lowest BCUT2D eigenvalue weighted by Gasteiger charge is -2.21. The van der Waals surface area contributed by atoms with Crippen molar-refractivity contribution in [2.45, 2.75) is 51.5 Å². The van der Waals surface area contributed by atoms with E-state index in [-0.39, 0.29) is 0 Å². The normalized spacial score (nSPS) is 25.1. The number of hydrogen-bond acceptors (Lipinski definition) is 3. The Kier molecular flexibility index (Phi) is 3.14. The molecule has 1 aromatic heterocycles. The van der Waals surface area contributed by atoms with Crippen LogP contribution in [0.1, 0.15) is 50.2 Å². The second-order valence-electron chi connectivity index (χ2n) is 5.47. The highest BCUT2D eigenvalue weighted by molar-refractivity contribution is 5.04. The van der Waals surface area contributed by atoms with Crippen LogP contribution in [0.5, 0.6) is 0 Å². The van der Waals surface area contributed by atoms with E-state index in [9.17, 15) is 0 Å². The Balaban J connectivity index is 1.66. The maximum atomic E-state index is 4.40. The zero-order chi connectivity index (χ0) is 11.7. The van der Waals surface area contributed by atoms with Gasteiger partial charge in [0, 0.05) is 25.4 Å². The molecule has 17 heavy (non-hydrogen) atoms. The molecule has 0 aromatic carbocycles. The molecule has 3 heterocycles. The van der Waals surface area contributed by atoms with Crippen LogP contribution in [0.25, 0.3) is 0 Å². The summed E-state index contributed by atoms with van der Waals surface area (Å²) in [5, 5.41) is 8.77. The first-order valence-electron chi connectivity index (χ1n) is 6.99. The Morgan fingerprint density at radius 3 is 2.76 bits per heavy atom. The first kappa shape index (κ1) is 11.2. The zero-order valence-corrected chi connectivity index (χ0v) is 10.7. The molecule has 0 aliphatic carbocycles. The van der Waals surface area contributed by atoms with E-state index in [1.165, 1.54) is 50.4 Å². The van der Waals surface area contributed by atoms with E-state index in [1.807, 2.05) is 0 Å². The minimum absolute atomic E-state index is 0.594. The zero-order valence-electron chi connectivity index (χ0n) is 10.7. The topological polar surface area (TPSA) is 34.0 Å². The van der Waals surface area contributed by atoms with Crippen molar-refractivity contribution in [1.29, 1.82) is 0 Å². The standard InChI is InChI=1S/C13H22N4/c1-11-5-4-9-17-12(14-15-13(11)17)6-10-16-7-2-3-8-16/h11H,2-10H2,1H3. The van der Waals surface area contributed by atoms with E-state index < -0.39 is 0 Å². The average Bonchev–Trinajstić information content (AvgIpc) is 2.95. The van der Waals surface area contributed by atoms with Gasteiger partial charge in [-0.15, -0.1) is 10.2 Å². The van der Waals surface area contributed by atoms with Gasteiger partial charge in [0.2, 0.25) is 0 Å². The molecular formula is C13H22N4. The fourth-order valence-corrected chi connectivity index (χ4v) is 3.09. The van der Waals surface area contributed by atoms with Crippen molar-refractivity contribution in [3.8, 4) is 0 Å². The summed E-state index contributed by atoms with van der Waals surface area (Å²) in [5.74, 6) is 3.02. The van der Waals surface area contributed by atoms with E-state index in [0.29, 0.717) is 5.92 Å². The van der Waals surface area contributed by atoms with Crippen LogP contribution in [0.4, 0.5) is 0 Å². The Hall–Kier alpha value is -0.900. The summed E-state index contributed by atoms with van der Waals surface area (Å²) in [5.41, 5.74) is 0. The van der Waals surface area contributed by atoms with Gasteiger partial charge in [-0.25, -0.2) is 0 Å². The summed E-state index contributed by atoms with van der Waals surface area (Å²) in [6.45, 7) is 7.10. The molecule has 0 amide bonds. The lowest BCUT2D eigenvalue weighted by atomic mass is 10.0. The van der Waals surface area contributed by atoms with E-state index in [4.69, 9.17) is 0 Å². The predicted octanol–water partition coefficient (Wildman–Crippen LogP) is 1.81. The SMILES string of the molecule is CC1CCCn2c(CCN3CCCC3)nnc21. The van der Waals surface area contributed by atoms with Crippen LogP contribution in [0, 0.1) is 0 Å². The molecular weight excluding hydrogens is 212 g/mol. The van der Waals surface area contributed by atoms with Gasteiger partial charge in [-0.3, -0.25) is 0 Å². The molecule has 0 spiro atoms. The largest absolute Gasteiger partial charge is 0.315 e. The van der Waals surface area contributed by atoms with Crippen LogP contribution >= 0.6 is 0 Å². The fraction of sp³-hybridized carbons (Fsp3) is 0.846. The third-order valence-electron chi connectivity index (χ3n) is 4.17. The maximum Gasteiger partial charge on any atom is 0.135 e. The van der Waals surface area contributed by atoms with Gasteiger partial charge in [0.15, 0.2) is 0 Å². The van der Waals surface area contributed by atoms with Crippen molar-refractivity contribution < 1.29 is 0 Å². The van der Waals surface area contributed by atoms with Crippen LogP contribution in [-0.2, 0) is 13.0 Å². The summed E-state index contributed by atoms with van der Waals surface area (Å²) >= 11 is 0. The van der Waals surface area contributed by atoms with Crippen LogP contribution in [0.15, 0.2) is 0 Å². The highest BCUT2D eigenvalue weighted by Crippen LogP contribution is 2.25. The lowest BCUT2D eigenvalue weighted by molar-refractivity contribution is 0.336. The molecule has 0 bridgehead atoms.